The number of allylic oxidation sites excluding steroid dienone is 1. The summed E-state index contributed by atoms with van der Waals surface area (Å²) in [6.07, 6.45) is 5.50. The Hall–Kier alpha value is -1.64. The number of nitrogens with zero attached hydrogens (tertiary/aromatic N) is 1. The van der Waals surface area contributed by atoms with Gasteiger partial charge in [-0.25, -0.2) is 0 Å². The Morgan fingerprint density at radius 1 is 1.53 bits per heavy atom. The minimum Gasteiger partial charge on any atom is -0.469 e. The number of carbonyl (C=O) groups is 1. The average Bonchev–Trinajstić information content (AvgIpc) is 2.29. The van der Waals surface area contributed by atoms with Crippen LogP contribution >= 0.6 is 0 Å². The molecule has 0 N–H and O–H groups in total. The molecule has 0 fully saturated rings. The molecule has 0 aromatic carbocycles. The van der Waals surface area contributed by atoms with Crippen LogP contribution in [0.2, 0.25) is 0 Å². The third-order valence-electron chi connectivity index (χ3n) is 2.16. The van der Waals surface area contributed by atoms with Gasteiger partial charge in [0.1, 0.15) is 0 Å². The van der Waals surface area contributed by atoms with Crippen molar-refractivity contribution in [3.63, 3.8) is 0 Å². The fourth-order valence-corrected chi connectivity index (χ4v) is 1.26. The maximum atomic E-state index is 10.9. The van der Waals surface area contributed by atoms with Crippen LogP contribution in [0.3, 0.4) is 0 Å². The van der Waals surface area contributed by atoms with Crippen molar-refractivity contribution in [1.29, 1.82) is 0 Å². The molecule has 0 bridgehead atoms. The topological polar surface area (TPSA) is 39.2 Å². The molecule has 0 unspecified atom stereocenters. The van der Waals surface area contributed by atoms with Gasteiger partial charge in [-0.05, 0) is 30.0 Å². The number of esters is 1. The van der Waals surface area contributed by atoms with Crippen LogP contribution in [0.15, 0.2) is 31.1 Å². The summed E-state index contributed by atoms with van der Waals surface area (Å²) >= 11 is 0. The Balaban J connectivity index is 2.34. The van der Waals surface area contributed by atoms with E-state index >= 15 is 0 Å². The first-order valence-corrected chi connectivity index (χ1v) is 4.89. The average molecular weight is 205 g/mol. The second kappa shape index (κ2) is 5.96. The molecule has 0 aliphatic carbocycles. The van der Waals surface area contributed by atoms with Crippen LogP contribution < -0.4 is 0 Å². The number of ether oxygens (including phenoxy) is 1. The van der Waals surface area contributed by atoms with Gasteiger partial charge in [0.25, 0.3) is 0 Å². The fourth-order valence-electron chi connectivity index (χ4n) is 1.26. The highest BCUT2D eigenvalue weighted by molar-refractivity contribution is 5.69. The third-order valence-corrected chi connectivity index (χ3v) is 2.16. The van der Waals surface area contributed by atoms with Crippen molar-refractivity contribution in [3.8, 4) is 0 Å². The summed E-state index contributed by atoms with van der Waals surface area (Å²) in [5, 5.41) is 0. The highest BCUT2D eigenvalue weighted by Gasteiger charge is 2.02. The van der Waals surface area contributed by atoms with Gasteiger partial charge in [0.15, 0.2) is 0 Å². The van der Waals surface area contributed by atoms with Gasteiger partial charge >= 0.3 is 5.97 Å². The molecule has 1 aromatic heterocycles. The summed E-state index contributed by atoms with van der Waals surface area (Å²) in [6, 6.07) is 3.84. The Kier molecular flexibility index (Phi) is 4.54. The maximum Gasteiger partial charge on any atom is 0.305 e. The SMILES string of the molecule is C=C(CCCC(=O)OC)c1cccnc1. The summed E-state index contributed by atoms with van der Waals surface area (Å²) < 4.78 is 4.56. The zero-order chi connectivity index (χ0) is 11.1. The standard InChI is InChI=1S/C12H15NO2/c1-10(5-3-7-12(14)15-2)11-6-4-8-13-9-11/h4,6,8-9H,1,3,5,7H2,2H3. The second-order valence-corrected chi connectivity index (χ2v) is 3.27. The van der Waals surface area contributed by atoms with Gasteiger partial charge in [-0.2, -0.15) is 0 Å². The molecular formula is C12H15NO2. The van der Waals surface area contributed by atoms with Crippen molar-refractivity contribution in [1.82, 2.24) is 4.98 Å². The first-order chi connectivity index (χ1) is 7.24. The number of methoxy groups -OCH3 is 1. The van der Waals surface area contributed by atoms with Crippen molar-refractivity contribution in [2.75, 3.05) is 7.11 Å². The van der Waals surface area contributed by atoms with Gasteiger partial charge in [-0.3, -0.25) is 9.78 Å². The monoisotopic (exact) mass is 205 g/mol. The first-order valence-electron chi connectivity index (χ1n) is 4.89. The summed E-state index contributed by atoms with van der Waals surface area (Å²) in [5.41, 5.74) is 2.04. The van der Waals surface area contributed by atoms with E-state index in [2.05, 4.69) is 16.3 Å². The zero-order valence-electron chi connectivity index (χ0n) is 8.90. The third kappa shape index (κ3) is 3.94. The molecule has 0 aliphatic rings. The van der Waals surface area contributed by atoms with Crippen LogP contribution in [0.25, 0.3) is 5.57 Å². The summed E-state index contributed by atoms with van der Waals surface area (Å²) in [7, 11) is 1.40. The molecule has 0 atom stereocenters. The predicted molar refractivity (Wildman–Crippen MR) is 59.1 cm³/mol. The van der Waals surface area contributed by atoms with Crippen LogP contribution in [0, 0.1) is 0 Å². The van der Waals surface area contributed by atoms with Crippen LogP contribution in [0.5, 0.6) is 0 Å². The lowest BCUT2D eigenvalue weighted by atomic mass is 10.0. The van der Waals surface area contributed by atoms with Crippen LogP contribution in [0.4, 0.5) is 0 Å². The Bertz CT molecular complexity index is 333. The van der Waals surface area contributed by atoms with Crippen molar-refractivity contribution in [2.45, 2.75) is 19.3 Å². The molecule has 80 valence electrons. The van der Waals surface area contributed by atoms with E-state index in [0.717, 1.165) is 24.0 Å². The van der Waals surface area contributed by atoms with E-state index in [0.29, 0.717) is 6.42 Å². The minimum atomic E-state index is -0.172. The second-order valence-electron chi connectivity index (χ2n) is 3.27. The molecule has 15 heavy (non-hydrogen) atoms. The molecule has 0 saturated heterocycles. The molecule has 0 amide bonds. The van der Waals surface area contributed by atoms with Crippen molar-refractivity contribution >= 4 is 11.5 Å². The molecule has 0 spiro atoms. The lowest BCUT2D eigenvalue weighted by Crippen LogP contribution is -1.99. The molecule has 3 nitrogen and oxygen atoms in total. The lowest BCUT2D eigenvalue weighted by Gasteiger charge is -2.04. The number of hydrogen-bond donors (Lipinski definition) is 0. The highest BCUT2D eigenvalue weighted by atomic mass is 16.5. The molecule has 0 radical (unpaired) electrons. The number of aromatic nitrogens is 1. The van der Waals surface area contributed by atoms with E-state index < -0.39 is 0 Å². The number of carbonyl (C=O) groups excluding carboxylic acids is 1. The first kappa shape index (κ1) is 11.4. The summed E-state index contributed by atoms with van der Waals surface area (Å²) in [6.45, 7) is 3.96. The maximum absolute atomic E-state index is 10.9. The van der Waals surface area contributed by atoms with Crippen LogP contribution in [-0.4, -0.2) is 18.1 Å². The van der Waals surface area contributed by atoms with Crippen molar-refractivity contribution in [2.24, 2.45) is 0 Å². The number of pyridine rings is 1. The number of rotatable bonds is 5. The van der Waals surface area contributed by atoms with Gasteiger partial charge in [0.2, 0.25) is 0 Å². The normalized spacial score (nSPS) is 9.67. The van der Waals surface area contributed by atoms with Gasteiger partial charge in [-0.1, -0.05) is 12.6 Å². The minimum absolute atomic E-state index is 0.172. The van der Waals surface area contributed by atoms with E-state index in [1.54, 1.807) is 12.4 Å². The van der Waals surface area contributed by atoms with Crippen LogP contribution in [0.1, 0.15) is 24.8 Å². The van der Waals surface area contributed by atoms with E-state index in [-0.39, 0.29) is 5.97 Å². The van der Waals surface area contributed by atoms with Gasteiger partial charge in [-0.15, -0.1) is 0 Å². The van der Waals surface area contributed by atoms with E-state index in [1.165, 1.54) is 7.11 Å². The Morgan fingerprint density at radius 2 is 2.33 bits per heavy atom. The number of hydrogen-bond acceptors (Lipinski definition) is 3. The van der Waals surface area contributed by atoms with Crippen molar-refractivity contribution in [3.05, 3.63) is 36.7 Å². The molecule has 1 rings (SSSR count). The quantitative estimate of drug-likeness (QED) is 0.693. The molecule has 0 saturated carbocycles. The van der Waals surface area contributed by atoms with E-state index in [4.69, 9.17) is 0 Å². The van der Waals surface area contributed by atoms with Crippen LogP contribution in [-0.2, 0) is 9.53 Å². The smallest absolute Gasteiger partial charge is 0.305 e. The highest BCUT2D eigenvalue weighted by Crippen LogP contribution is 2.17. The predicted octanol–water partition coefficient (Wildman–Crippen LogP) is 2.44. The summed E-state index contributed by atoms with van der Waals surface area (Å²) in [5.74, 6) is -0.172. The van der Waals surface area contributed by atoms with E-state index in [9.17, 15) is 4.79 Å². The Morgan fingerprint density at radius 3 is 2.93 bits per heavy atom. The fraction of sp³-hybridized carbons (Fsp3) is 0.333. The molecule has 1 heterocycles. The van der Waals surface area contributed by atoms with Crippen molar-refractivity contribution < 1.29 is 9.53 Å². The van der Waals surface area contributed by atoms with Gasteiger partial charge < -0.3 is 4.74 Å². The van der Waals surface area contributed by atoms with Gasteiger partial charge in [0, 0.05) is 18.8 Å². The Labute approximate surface area is 89.8 Å². The summed E-state index contributed by atoms with van der Waals surface area (Å²) in [4.78, 5) is 14.9. The zero-order valence-corrected chi connectivity index (χ0v) is 8.90. The largest absolute Gasteiger partial charge is 0.469 e. The molecule has 1 aromatic rings. The van der Waals surface area contributed by atoms with Gasteiger partial charge in [0.05, 0.1) is 7.11 Å². The molecular weight excluding hydrogens is 190 g/mol. The molecule has 3 heteroatoms. The van der Waals surface area contributed by atoms with E-state index in [1.807, 2.05) is 12.1 Å². The molecule has 0 aliphatic heterocycles. The lowest BCUT2D eigenvalue weighted by molar-refractivity contribution is -0.140.